The summed E-state index contributed by atoms with van der Waals surface area (Å²) >= 11 is 0. The van der Waals surface area contributed by atoms with Gasteiger partial charge in [0.15, 0.2) is 0 Å². The molecule has 0 unspecified atom stereocenters. The summed E-state index contributed by atoms with van der Waals surface area (Å²) in [4.78, 5) is 13.7. The molecule has 14 heavy (non-hydrogen) atoms. The average Bonchev–Trinajstić information content (AvgIpc) is 2.65. The van der Waals surface area contributed by atoms with Crippen LogP contribution in [0.5, 0.6) is 0 Å². The van der Waals surface area contributed by atoms with Crippen molar-refractivity contribution in [1.29, 1.82) is 0 Å². The third-order valence-corrected chi connectivity index (χ3v) is 2.38. The molecule has 1 amide bonds. The first-order valence-electron chi connectivity index (χ1n) is 4.76. The fourth-order valence-electron chi connectivity index (χ4n) is 1.58. The van der Waals surface area contributed by atoms with E-state index in [1.807, 2.05) is 35.0 Å². The Hall–Kier alpha value is -1.29. The highest BCUT2D eigenvalue weighted by Gasteiger charge is 2.18. The molecule has 0 aliphatic carbocycles. The lowest BCUT2D eigenvalue weighted by Crippen LogP contribution is -2.40. The molecule has 1 aliphatic rings. The normalized spacial score (nSPS) is 17.1. The second kappa shape index (κ2) is 3.84. The Kier molecular flexibility index (Phi) is 2.54. The van der Waals surface area contributed by atoms with Crippen molar-refractivity contribution < 1.29 is 9.53 Å². The van der Waals surface area contributed by atoms with Crippen molar-refractivity contribution in [2.24, 2.45) is 7.05 Å². The van der Waals surface area contributed by atoms with E-state index in [0.717, 1.165) is 5.56 Å². The van der Waals surface area contributed by atoms with E-state index in [0.29, 0.717) is 26.3 Å². The second-order valence-electron chi connectivity index (χ2n) is 3.47. The van der Waals surface area contributed by atoms with Gasteiger partial charge in [-0.2, -0.15) is 0 Å². The molecular weight excluding hydrogens is 180 g/mol. The van der Waals surface area contributed by atoms with E-state index in [-0.39, 0.29) is 5.91 Å². The minimum atomic E-state index is 0.105. The van der Waals surface area contributed by atoms with Gasteiger partial charge in [0.2, 0.25) is 0 Å². The molecule has 1 saturated heterocycles. The zero-order valence-corrected chi connectivity index (χ0v) is 8.27. The molecule has 4 nitrogen and oxygen atoms in total. The second-order valence-corrected chi connectivity index (χ2v) is 3.47. The molecule has 2 rings (SSSR count). The number of carbonyl (C=O) groups is 1. The molecule has 0 bridgehead atoms. The maximum atomic E-state index is 11.9. The van der Waals surface area contributed by atoms with Crippen molar-refractivity contribution in [3.8, 4) is 0 Å². The molecule has 1 aromatic heterocycles. The predicted molar refractivity (Wildman–Crippen MR) is 52.1 cm³/mol. The number of morpholine rings is 1. The van der Waals surface area contributed by atoms with Crippen molar-refractivity contribution >= 4 is 5.91 Å². The quantitative estimate of drug-likeness (QED) is 0.652. The minimum absolute atomic E-state index is 0.105. The Morgan fingerprint density at radius 2 is 2.14 bits per heavy atom. The highest BCUT2D eigenvalue weighted by Crippen LogP contribution is 2.07. The Balaban J connectivity index is 2.07. The van der Waals surface area contributed by atoms with Crippen LogP contribution >= 0.6 is 0 Å². The number of hydrogen-bond acceptors (Lipinski definition) is 2. The molecule has 1 aromatic rings. The van der Waals surface area contributed by atoms with E-state index in [1.54, 1.807) is 0 Å². The number of amides is 1. The summed E-state index contributed by atoms with van der Waals surface area (Å²) in [6.45, 7) is 2.71. The fraction of sp³-hybridized carbons (Fsp3) is 0.500. The summed E-state index contributed by atoms with van der Waals surface area (Å²) in [5, 5.41) is 0. The molecule has 1 aliphatic heterocycles. The van der Waals surface area contributed by atoms with E-state index in [1.165, 1.54) is 0 Å². The number of aryl methyl sites for hydroxylation is 1. The van der Waals surface area contributed by atoms with Crippen molar-refractivity contribution in [1.82, 2.24) is 9.47 Å². The summed E-state index contributed by atoms with van der Waals surface area (Å²) < 4.78 is 7.07. The van der Waals surface area contributed by atoms with Gasteiger partial charge in [-0.25, -0.2) is 0 Å². The van der Waals surface area contributed by atoms with Crippen LogP contribution in [0.4, 0.5) is 0 Å². The monoisotopic (exact) mass is 194 g/mol. The number of hydrogen-bond donors (Lipinski definition) is 0. The van der Waals surface area contributed by atoms with Crippen LogP contribution in [-0.4, -0.2) is 41.7 Å². The first-order valence-corrected chi connectivity index (χ1v) is 4.76. The molecular formula is C10H14N2O2. The van der Waals surface area contributed by atoms with Crippen LogP contribution in [0.2, 0.25) is 0 Å². The summed E-state index contributed by atoms with van der Waals surface area (Å²) in [5.74, 6) is 0.105. The Morgan fingerprint density at radius 1 is 1.43 bits per heavy atom. The van der Waals surface area contributed by atoms with Crippen molar-refractivity contribution in [3.63, 3.8) is 0 Å². The molecule has 0 spiro atoms. The van der Waals surface area contributed by atoms with Crippen molar-refractivity contribution in [2.75, 3.05) is 26.3 Å². The Labute approximate surface area is 83.1 Å². The summed E-state index contributed by atoms with van der Waals surface area (Å²) in [5.41, 5.74) is 0.759. The average molecular weight is 194 g/mol. The summed E-state index contributed by atoms with van der Waals surface area (Å²) in [6, 6.07) is 1.85. The lowest BCUT2D eigenvalue weighted by atomic mass is 10.3. The van der Waals surface area contributed by atoms with Gasteiger partial charge in [-0.15, -0.1) is 0 Å². The zero-order valence-electron chi connectivity index (χ0n) is 8.27. The van der Waals surface area contributed by atoms with Crippen LogP contribution in [0.15, 0.2) is 18.5 Å². The van der Waals surface area contributed by atoms with Gasteiger partial charge in [0, 0.05) is 32.5 Å². The van der Waals surface area contributed by atoms with E-state index in [4.69, 9.17) is 4.74 Å². The van der Waals surface area contributed by atoms with Gasteiger partial charge in [0.05, 0.1) is 18.8 Å². The van der Waals surface area contributed by atoms with Crippen LogP contribution in [0.3, 0.4) is 0 Å². The highest BCUT2D eigenvalue weighted by atomic mass is 16.5. The first-order chi connectivity index (χ1) is 6.77. The third kappa shape index (κ3) is 1.80. The van der Waals surface area contributed by atoms with Crippen molar-refractivity contribution in [2.45, 2.75) is 0 Å². The molecule has 0 radical (unpaired) electrons. The van der Waals surface area contributed by atoms with Crippen LogP contribution < -0.4 is 0 Å². The number of aromatic nitrogens is 1. The van der Waals surface area contributed by atoms with Gasteiger partial charge in [-0.05, 0) is 6.07 Å². The lowest BCUT2D eigenvalue weighted by Gasteiger charge is -2.26. The molecule has 1 fully saturated rings. The molecule has 0 N–H and O–H groups in total. The van der Waals surface area contributed by atoms with E-state index < -0.39 is 0 Å². The molecule has 0 atom stereocenters. The van der Waals surface area contributed by atoms with Crippen LogP contribution in [0, 0.1) is 0 Å². The Bertz CT molecular complexity index is 327. The van der Waals surface area contributed by atoms with Crippen LogP contribution in [0.1, 0.15) is 10.4 Å². The van der Waals surface area contributed by atoms with Gasteiger partial charge in [0.1, 0.15) is 0 Å². The standard InChI is InChI=1S/C10H14N2O2/c1-11-3-2-9(8-11)10(13)12-4-6-14-7-5-12/h2-3,8H,4-7H2,1H3. The maximum Gasteiger partial charge on any atom is 0.255 e. The minimum Gasteiger partial charge on any atom is -0.378 e. The maximum absolute atomic E-state index is 11.9. The predicted octanol–water partition coefficient (Wildman–Crippen LogP) is 0.497. The van der Waals surface area contributed by atoms with Crippen LogP contribution in [0.25, 0.3) is 0 Å². The SMILES string of the molecule is Cn1ccc(C(=O)N2CCOCC2)c1. The molecule has 0 saturated carbocycles. The van der Waals surface area contributed by atoms with Gasteiger partial charge in [-0.3, -0.25) is 4.79 Å². The first kappa shape index (κ1) is 9.27. The topological polar surface area (TPSA) is 34.5 Å². The highest BCUT2D eigenvalue weighted by molar-refractivity contribution is 5.94. The molecule has 76 valence electrons. The third-order valence-electron chi connectivity index (χ3n) is 2.38. The van der Waals surface area contributed by atoms with E-state index in [2.05, 4.69) is 0 Å². The van der Waals surface area contributed by atoms with Gasteiger partial charge in [0.25, 0.3) is 5.91 Å². The van der Waals surface area contributed by atoms with Gasteiger partial charge >= 0.3 is 0 Å². The Morgan fingerprint density at radius 3 is 2.71 bits per heavy atom. The molecule has 2 heterocycles. The zero-order chi connectivity index (χ0) is 9.97. The number of rotatable bonds is 1. The van der Waals surface area contributed by atoms with Crippen LogP contribution in [-0.2, 0) is 11.8 Å². The molecule has 0 aromatic carbocycles. The smallest absolute Gasteiger partial charge is 0.255 e. The summed E-state index contributed by atoms with van der Waals surface area (Å²) in [6.07, 6.45) is 3.73. The van der Waals surface area contributed by atoms with Crippen molar-refractivity contribution in [3.05, 3.63) is 24.0 Å². The van der Waals surface area contributed by atoms with E-state index >= 15 is 0 Å². The van der Waals surface area contributed by atoms with Gasteiger partial charge < -0.3 is 14.2 Å². The number of carbonyl (C=O) groups excluding carboxylic acids is 1. The van der Waals surface area contributed by atoms with E-state index in [9.17, 15) is 4.79 Å². The number of ether oxygens (including phenoxy) is 1. The van der Waals surface area contributed by atoms with Gasteiger partial charge in [-0.1, -0.05) is 0 Å². The number of nitrogens with zero attached hydrogens (tertiary/aromatic N) is 2. The largest absolute Gasteiger partial charge is 0.378 e. The lowest BCUT2D eigenvalue weighted by molar-refractivity contribution is 0.0303. The fourth-order valence-corrected chi connectivity index (χ4v) is 1.58. The summed E-state index contributed by atoms with van der Waals surface area (Å²) in [7, 11) is 1.91. The molecule has 4 heteroatoms.